The van der Waals surface area contributed by atoms with Crippen LogP contribution < -0.4 is 14.8 Å². The summed E-state index contributed by atoms with van der Waals surface area (Å²) in [7, 11) is 0. The predicted octanol–water partition coefficient (Wildman–Crippen LogP) is 3.83. The number of nitrogens with one attached hydrogen (secondary N) is 1. The van der Waals surface area contributed by atoms with E-state index in [9.17, 15) is 4.79 Å². The van der Waals surface area contributed by atoms with Gasteiger partial charge in [-0.05, 0) is 41.5 Å². The zero-order chi connectivity index (χ0) is 17.6. The Bertz CT molecular complexity index is 854. The van der Waals surface area contributed by atoms with E-state index in [1.54, 1.807) is 30.3 Å². The largest absolute Gasteiger partial charge is 0.486 e. The molecule has 1 aliphatic heterocycles. The lowest BCUT2D eigenvalue weighted by molar-refractivity contribution is -0.111. The van der Waals surface area contributed by atoms with Crippen LogP contribution in [0.15, 0.2) is 42.5 Å². The van der Waals surface area contributed by atoms with Crippen molar-refractivity contribution in [2.45, 2.75) is 6.42 Å². The third kappa shape index (κ3) is 4.31. The van der Waals surface area contributed by atoms with E-state index in [1.165, 1.54) is 6.08 Å². The van der Waals surface area contributed by atoms with E-state index < -0.39 is 0 Å². The predicted molar refractivity (Wildman–Crippen MR) is 95.9 cm³/mol. The second-order valence-electron chi connectivity index (χ2n) is 5.38. The lowest BCUT2D eigenvalue weighted by Gasteiger charge is -2.19. The van der Waals surface area contributed by atoms with Crippen molar-refractivity contribution >= 4 is 29.3 Å². The molecule has 1 aliphatic rings. The molecule has 0 aliphatic carbocycles. The van der Waals surface area contributed by atoms with Crippen LogP contribution in [0.3, 0.4) is 0 Å². The monoisotopic (exact) mass is 354 g/mol. The van der Waals surface area contributed by atoms with E-state index in [0.29, 0.717) is 41.8 Å². The molecule has 126 valence electrons. The van der Waals surface area contributed by atoms with Crippen molar-refractivity contribution < 1.29 is 14.3 Å². The number of hydrogen-bond acceptors (Lipinski definition) is 4. The lowest BCUT2D eigenvalue weighted by Crippen LogP contribution is -2.15. The summed E-state index contributed by atoms with van der Waals surface area (Å²) < 4.78 is 11.0. The molecule has 0 fully saturated rings. The van der Waals surface area contributed by atoms with Crippen LogP contribution in [-0.2, 0) is 11.2 Å². The van der Waals surface area contributed by atoms with Gasteiger partial charge in [0.05, 0.1) is 17.5 Å². The number of anilines is 1. The summed E-state index contributed by atoms with van der Waals surface area (Å²) in [6.07, 6.45) is 3.42. The Morgan fingerprint density at radius 1 is 1.24 bits per heavy atom. The third-order valence-corrected chi connectivity index (χ3v) is 3.83. The van der Waals surface area contributed by atoms with E-state index in [-0.39, 0.29) is 5.91 Å². The number of nitriles is 1. The summed E-state index contributed by atoms with van der Waals surface area (Å²) in [5.41, 5.74) is 2.31. The first-order chi connectivity index (χ1) is 12.2. The molecule has 2 aromatic rings. The minimum atomic E-state index is -0.265. The molecule has 0 spiro atoms. The van der Waals surface area contributed by atoms with Crippen LogP contribution in [0.25, 0.3) is 6.08 Å². The molecule has 0 radical (unpaired) electrons. The zero-order valence-corrected chi connectivity index (χ0v) is 14.0. The standard InChI is InChI=1S/C19H15ClN2O3/c20-16-11-14(12-17-19(16)25-10-9-24-17)3-6-18(23)22-15-4-1-13(2-5-15)7-8-21/h1-6,11-12H,7,9-10H2,(H,22,23)/b6-3+. The molecule has 6 heteroatoms. The Labute approximate surface area is 150 Å². The highest BCUT2D eigenvalue weighted by molar-refractivity contribution is 6.32. The molecule has 0 atom stereocenters. The minimum absolute atomic E-state index is 0.265. The van der Waals surface area contributed by atoms with Gasteiger partial charge < -0.3 is 14.8 Å². The summed E-state index contributed by atoms with van der Waals surface area (Å²) in [6.45, 7) is 0.941. The fraction of sp³-hybridized carbons (Fsp3) is 0.158. The molecule has 25 heavy (non-hydrogen) atoms. The Hall–Kier alpha value is -2.97. The summed E-state index contributed by atoms with van der Waals surface area (Å²) in [6, 6.07) is 12.7. The number of rotatable bonds is 4. The molecule has 1 heterocycles. The average Bonchev–Trinajstić information content (AvgIpc) is 2.62. The van der Waals surface area contributed by atoms with Gasteiger partial charge in [-0.1, -0.05) is 23.7 Å². The first-order valence-corrected chi connectivity index (χ1v) is 8.07. The molecule has 0 unspecified atom stereocenters. The molecule has 0 aromatic heterocycles. The van der Waals surface area contributed by atoms with E-state index >= 15 is 0 Å². The number of carbonyl (C=O) groups excluding carboxylic acids is 1. The maximum atomic E-state index is 12.0. The van der Waals surface area contributed by atoms with Gasteiger partial charge in [-0.15, -0.1) is 0 Å². The van der Waals surface area contributed by atoms with Crippen LogP contribution in [0.1, 0.15) is 11.1 Å². The van der Waals surface area contributed by atoms with Crippen LogP contribution in [0.4, 0.5) is 5.69 Å². The molecule has 2 aromatic carbocycles. The van der Waals surface area contributed by atoms with E-state index in [2.05, 4.69) is 11.4 Å². The second-order valence-corrected chi connectivity index (χ2v) is 5.79. The van der Waals surface area contributed by atoms with E-state index in [1.807, 2.05) is 12.1 Å². The first kappa shape index (κ1) is 16.9. The molecule has 0 saturated carbocycles. The quantitative estimate of drug-likeness (QED) is 0.847. The highest BCUT2D eigenvalue weighted by Crippen LogP contribution is 2.38. The Morgan fingerprint density at radius 2 is 2.00 bits per heavy atom. The summed E-state index contributed by atoms with van der Waals surface area (Å²) in [4.78, 5) is 12.0. The van der Waals surface area contributed by atoms with E-state index in [4.69, 9.17) is 26.3 Å². The molecule has 1 N–H and O–H groups in total. The number of carbonyl (C=O) groups is 1. The van der Waals surface area contributed by atoms with Gasteiger partial charge in [0.15, 0.2) is 11.5 Å². The molecular formula is C19H15ClN2O3. The number of fused-ring (bicyclic) bond motifs is 1. The summed E-state index contributed by atoms with van der Waals surface area (Å²) in [5.74, 6) is 0.845. The van der Waals surface area contributed by atoms with Gasteiger partial charge in [0, 0.05) is 11.8 Å². The highest BCUT2D eigenvalue weighted by atomic mass is 35.5. The van der Waals surface area contributed by atoms with Crippen LogP contribution in [0.5, 0.6) is 11.5 Å². The number of hydrogen-bond donors (Lipinski definition) is 1. The Balaban J connectivity index is 1.66. The van der Waals surface area contributed by atoms with Crippen molar-refractivity contribution in [3.63, 3.8) is 0 Å². The first-order valence-electron chi connectivity index (χ1n) is 7.70. The SMILES string of the molecule is N#CCc1ccc(NC(=O)/C=C/c2cc(Cl)c3c(c2)OCCO3)cc1. The number of halogens is 1. The van der Waals surface area contributed by atoms with Gasteiger partial charge >= 0.3 is 0 Å². The topological polar surface area (TPSA) is 71.4 Å². The van der Waals surface area contributed by atoms with Crippen LogP contribution in [0, 0.1) is 11.3 Å². The van der Waals surface area contributed by atoms with Crippen LogP contribution >= 0.6 is 11.6 Å². The van der Waals surface area contributed by atoms with Gasteiger partial charge in [0.25, 0.3) is 0 Å². The average molecular weight is 355 g/mol. The molecule has 5 nitrogen and oxygen atoms in total. The molecule has 0 saturated heterocycles. The van der Waals surface area contributed by atoms with Crippen molar-refractivity contribution in [3.05, 3.63) is 58.6 Å². The molecule has 1 amide bonds. The van der Waals surface area contributed by atoms with Crippen LogP contribution in [0.2, 0.25) is 5.02 Å². The van der Waals surface area contributed by atoms with Gasteiger partial charge in [0.2, 0.25) is 5.91 Å². The van der Waals surface area contributed by atoms with Gasteiger partial charge in [0.1, 0.15) is 13.2 Å². The number of amides is 1. The molecule has 0 bridgehead atoms. The van der Waals surface area contributed by atoms with Crippen molar-refractivity contribution in [2.24, 2.45) is 0 Å². The van der Waals surface area contributed by atoms with Crippen molar-refractivity contribution in [1.29, 1.82) is 5.26 Å². The minimum Gasteiger partial charge on any atom is -0.486 e. The highest BCUT2D eigenvalue weighted by Gasteiger charge is 2.15. The number of ether oxygens (including phenoxy) is 2. The fourth-order valence-corrected chi connectivity index (χ4v) is 2.65. The Morgan fingerprint density at radius 3 is 2.76 bits per heavy atom. The smallest absolute Gasteiger partial charge is 0.248 e. The number of nitrogens with zero attached hydrogens (tertiary/aromatic N) is 1. The summed E-state index contributed by atoms with van der Waals surface area (Å²) >= 11 is 6.17. The zero-order valence-electron chi connectivity index (χ0n) is 13.3. The third-order valence-electron chi connectivity index (χ3n) is 3.55. The van der Waals surface area contributed by atoms with E-state index in [0.717, 1.165) is 11.1 Å². The maximum Gasteiger partial charge on any atom is 0.248 e. The molecule has 3 rings (SSSR count). The maximum absolute atomic E-state index is 12.0. The van der Waals surface area contributed by atoms with Gasteiger partial charge in [-0.3, -0.25) is 4.79 Å². The molecular weight excluding hydrogens is 340 g/mol. The van der Waals surface area contributed by atoms with Crippen molar-refractivity contribution in [1.82, 2.24) is 0 Å². The second kappa shape index (κ2) is 7.73. The number of benzene rings is 2. The lowest BCUT2D eigenvalue weighted by atomic mass is 10.1. The van der Waals surface area contributed by atoms with Crippen LogP contribution in [-0.4, -0.2) is 19.1 Å². The summed E-state index contributed by atoms with van der Waals surface area (Å²) in [5, 5.41) is 11.9. The Kier molecular flexibility index (Phi) is 5.22. The van der Waals surface area contributed by atoms with Gasteiger partial charge in [-0.25, -0.2) is 0 Å². The fourth-order valence-electron chi connectivity index (χ4n) is 2.38. The van der Waals surface area contributed by atoms with Gasteiger partial charge in [-0.2, -0.15) is 5.26 Å². The van der Waals surface area contributed by atoms with Crippen molar-refractivity contribution in [2.75, 3.05) is 18.5 Å². The normalized spacial score (nSPS) is 12.6. The van der Waals surface area contributed by atoms with Crippen molar-refractivity contribution in [3.8, 4) is 17.6 Å².